The highest BCUT2D eigenvalue weighted by Crippen LogP contribution is 2.31. The molecule has 132 valence electrons. The molecule has 0 bridgehead atoms. The van der Waals surface area contributed by atoms with Crippen LogP contribution < -0.4 is 9.64 Å². The number of carbonyl (C=O) groups is 1. The number of hydrogen-bond acceptors (Lipinski definition) is 4. The van der Waals surface area contributed by atoms with Crippen LogP contribution in [0.4, 0.5) is 10.5 Å². The van der Waals surface area contributed by atoms with Crippen molar-refractivity contribution in [2.75, 3.05) is 38.7 Å². The normalized spacial score (nSPS) is 13.0. The van der Waals surface area contributed by atoms with E-state index in [1.54, 1.807) is 4.90 Å². The minimum Gasteiger partial charge on any atom is -0.492 e. The Balaban J connectivity index is 1.58. The van der Waals surface area contributed by atoms with Gasteiger partial charge in [-0.1, -0.05) is 30.3 Å². The fraction of sp³-hybridized carbons (Fsp3) is 0.350. The molecule has 3 rings (SSSR count). The molecule has 0 unspecified atom stereocenters. The zero-order chi connectivity index (χ0) is 17.6. The summed E-state index contributed by atoms with van der Waals surface area (Å²) in [6, 6.07) is 15.6. The van der Waals surface area contributed by atoms with Crippen molar-refractivity contribution in [3.63, 3.8) is 0 Å². The lowest BCUT2D eigenvalue weighted by Gasteiger charge is -2.17. The molecule has 5 nitrogen and oxygen atoms in total. The van der Waals surface area contributed by atoms with Crippen LogP contribution in [0.25, 0.3) is 0 Å². The molecule has 1 aliphatic heterocycles. The van der Waals surface area contributed by atoms with Gasteiger partial charge in [0, 0.05) is 13.1 Å². The number of rotatable bonds is 6. The minimum absolute atomic E-state index is 0.289. The number of nitrogens with zero attached hydrogens (tertiary/aromatic N) is 2. The lowest BCUT2D eigenvalue weighted by atomic mass is 10.1. The number of carbonyl (C=O) groups excluding carboxylic acids is 1. The number of benzene rings is 2. The van der Waals surface area contributed by atoms with Gasteiger partial charge in [0.1, 0.15) is 19.0 Å². The van der Waals surface area contributed by atoms with Crippen LogP contribution >= 0.6 is 0 Å². The van der Waals surface area contributed by atoms with Crippen molar-refractivity contribution in [2.45, 2.75) is 13.0 Å². The lowest BCUT2D eigenvalue weighted by molar-refractivity contribution is 0.147. The van der Waals surface area contributed by atoms with Crippen molar-refractivity contribution < 1.29 is 14.3 Å². The van der Waals surface area contributed by atoms with Crippen molar-refractivity contribution in [1.29, 1.82) is 0 Å². The van der Waals surface area contributed by atoms with Crippen LogP contribution in [0.1, 0.15) is 11.1 Å². The third-order valence-corrected chi connectivity index (χ3v) is 4.18. The van der Waals surface area contributed by atoms with Crippen LogP contribution in [-0.2, 0) is 17.8 Å². The summed E-state index contributed by atoms with van der Waals surface area (Å²) in [4.78, 5) is 16.2. The topological polar surface area (TPSA) is 42.0 Å². The molecule has 0 fully saturated rings. The maximum Gasteiger partial charge on any atom is 0.414 e. The molecule has 0 aliphatic carbocycles. The van der Waals surface area contributed by atoms with E-state index in [-0.39, 0.29) is 12.7 Å². The van der Waals surface area contributed by atoms with E-state index in [1.807, 2.05) is 62.6 Å². The van der Waals surface area contributed by atoms with Crippen LogP contribution in [0, 0.1) is 0 Å². The highest BCUT2D eigenvalue weighted by atomic mass is 16.6. The third-order valence-electron chi connectivity index (χ3n) is 4.18. The number of likely N-dealkylation sites (N-methyl/N-ethyl adjacent to an activating group) is 1. The first-order chi connectivity index (χ1) is 12.1. The quantitative estimate of drug-likeness (QED) is 0.809. The fourth-order valence-corrected chi connectivity index (χ4v) is 2.80. The number of amides is 1. The molecule has 0 atom stereocenters. The van der Waals surface area contributed by atoms with Gasteiger partial charge >= 0.3 is 6.09 Å². The van der Waals surface area contributed by atoms with Gasteiger partial charge in [0.25, 0.3) is 0 Å². The van der Waals surface area contributed by atoms with Crippen molar-refractivity contribution in [3.8, 4) is 5.75 Å². The molecule has 0 aromatic heterocycles. The Morgan fingerprint density at radius 1 is 1.16 bits per heavy atom. The fourth-order valence-electron chi connectivity index (χ4n) is 2.80. The Kier molecular flexibility index (Phi) is 5.56. The maximum atomic E-state index is 12.4. The van der Waals surface area contributed by atoms with Gasteiger partial charge in [0.2, 0.25) is 0 Å². The molecule has 1 amide bonds. The first-order valence-corrected chi connectivity index (χ1v) is 8.52. The van der Waals surface area contributed by atoms with E-state index in [2.05, 4.69) is 4.90 Å². The first kappa shape index (κ1) is 17.3. The second-order valence-electron chi connectivity index (χ2n) is 6.38. The number of hydrogen-bond donors (Lipinski definition) is 0. The van der Waals surface area contributed by atoms with Crippen molar-refractivity contribution in [2.24, 2.45) is 0 Å². The number of fused-ring (bicyclic) bond motifs is 1. The van der Waals surface area contributed by atoms with Gasteiger partial charge in [-0.15, -0.1) is 0 Å². The first-order valence-electron chi connectivity index (χ1n) is 8.52. The highest BCUT2D eigenvalue weighted by molar-refractivity contribution is 5.90. The van der Waals surface area contributed by atoms with E-state index >= 15 is 0 Å². The van der Waals surface area contributed by atoms with E-state index in [0.717, 1.165) is 35.5 Å². The smallest absolute Gasteiger partial charge is 0.414 e. The van der Waals surface area contributed by atoms with Crippen molar-refractivity contribution >= 4 is 11.8 Å². The van der Waals surface area contributed by atoms with E-state index in [4.69, 9.17) is 9.47 Å². The molecule has 2 aromatic rings. The summed E-state index contributed by atoms with van der Waals surface area (Å²) >= 11 is 0. The molecule has 0 saturated heterocycles. The van der Waals surface area contributed by atoms with Crippen LogP contribution in [0.5, 0.6) is 5.75 Å². The van der Waals surface area contributed by atoms with Gasteiger partial charge < -0.3 is 14.4 Å². The van der Waals surface area contributed by atoms with Gasteiger partial charge in [0.05, 0.1) is 5.69 Å². The molecular formula is C20H24N2O3. The van der Waals surface area contributed by atoms with Gasteiger partial charge in [-0.3, -0.25) is 4.90 Å². The molecule has 5 heteroatoms. The summed E-state index contributed by atoms with van der Waals surface area (Å²) in [5.74, 6) is 0.847. The van der Waals surface area contributed by atoms with E-state index in [9.17, 15) is 4.79 Å². The molecule has 0 saturated carbocycles. The number of anilines is 1. The predicted molar refractivity (Wildman–Crippen MR) is 98.2 cm³/mol. The molecular weight excluding hydrogens is 316 g/mol. The van der Waals surface area contributed by atoms with Crippen molar-refractivity contribution in [1.82, 2.24) is 4.90 Å². The highest BCUT2D eigenvalue weighted by Gasteiger charge is 2.26. The zero-order valence-electron chi connectivity index (χ0n) is 14.8. The molecule has 25 heavy (non-hydrogen) atoms. The molecule has 0 spiro atoms. The summed E-state index contributed by atoms with van der Waals surface area (Å²) in [5.41, 5.74) is 3.02. The SMILES string of the molecule is CN(C)CCOc1ccc2c(c1)CCN2C(=O)OCc1ccccc1. The Hall–Kier alpha value is -2.53. The Morgan fingerprint density at radius 2 is 1.96 bits per heavy atom. The van der Waals surface area contributed by atoms with E-state index in [0.29, 0.717) is 13.2 Å². The monoisotopic (exact) mass is 340 g/mol. The lowest BCUT2D eigenvalue weighted by Crippen LogP contribution is -2.29. The second kappa shape index (κ2) is 8.03. The summed E-state index contributed by atoms with van der Waals surface area (Å²) in [7, 11) is 4.04. The molecule has 1 aliphatic rings. The molecule has 1 heterocycles. The van der Waals surface area contributed by atoms with Crippen molar-refractivity contribution in [3.05, 3.63) is 59.7 Å². The van der Waals surface area contributed by atoms with Crippen LogP contribution in [0.15, 0.2) is 48.5 Å². The van der Waals surface area contributed by atoms with Gasteiger partial charge in [0.15, 0.2) is 0 Å². The summed E-state index contributed by atoms with van der Waals surface area (Å²) in [6.07, 6.45) is 0.518. The molecule has 0 N–H and O–H groups in total. The Morgan fingerprint density at radius 3 is 2.72 bits per heavy atom. The average Bonchev–Trinajstić information content (AvgIpc) is 3.03. The van der Waals surface area contributed by atoms with E-state index in [1.165, 1.54) is 0 Å². The largest absolute Gasteiger partial charge is 0.492 e. The maximum absolute atomic E-state index is 12.4. The summed E-state index contributed by atoms with van der Waals surface area (Å²) < 4.78 is 11.2. The zero-order valence-corrected chi connectivity index (χ0v) is 14.8. The molecule has 2 aromatic carbocycles. The van der Waals surface area contributed by atoms with Crippen LogP contribution in [-0.4, -0.2) is 44.8 Å². The van der Waals surface area contributed by atoms with Gasteiger partial charge in [-0.2, -0.15) is 0 Å². The standard InChI is InChI=1S/C20H24N2O3/c1-21(2)12-13-24-18-8-9-19-17(14-18)10-11-22(19)20(23)25-15-16-6-4-3-5-7-16/h3-9,14H,10-13,15H2,1-2H3. The Bertz CT molecular complexity index is 716. The average molecular weight is 340 g/mol. The predicted octanol–water partition coefficient (Wildman–Crippen LogP) is 3.33. The van der Waals surface area contributed by atoms with Crippen LogP contribution in [0.2, 0.25) is 0 Å². The Labute approximate surface area is 148 Å². The second-order valence-corrected chi connectivity index (χ2v) is 6.38. The minimum atomic E-state index is -0.302. The van der Waals surface area contributed by atoms with E-state index < -0.39 is 0 Å². The van der Waals surface area contributed by atoms with Crippen LogP contribution in [0.3, 0.4) is 0 Å². The summed E-state index contributed by atoms with van der Waals surface area (Å²) in [6.45, 7) is 2.45. The summed E-state index contributed by atoms with van der Waals surface area (Å²) in [5, 5.41) is 0. The number of ether oxygens (including phenoxy) is 2. The molecule has 0 radical (unpaired) electrons. The van der Waals surface area contributed by atoms with Gasteiger partial charge in [-0.05, 0) is 49.8 Å². The third kappa shape index (κ3) is 4.51. The van der Waals surface area contributed by atoms with Gasteiger partial charge in [-0.25, -0.2) is 4.79 Å².